The van der Waals surface area contributed by atoms with Gasteiger partial charge in [0.05, 0.1) is 5.92 Å². The Balaban J connectivity index is 1.79. The molecule has 0 aromatic heterocycles. The first-order valence-electron chi connectivity index (χ1n) is 5.73. The van der Waals surface area contributed by atoms with Crippen LogP contribution in [-0.2, 0) is 4.79 Å². The monoisotopic (exact) mass is 251 g/mol. The maximum Gasteiger partial charge on any atom is 0.224 e. The predicted octanol–water partition coefficient (Wildman–Crippen LogP) is 2.44. The van der Waals surface area contributed by atoms with Gasteiger partial charge in [-0.3, -0.25) is 9.59 Å². The Kier molecular flexibility index (Phi) is 3.79. The van der Waals surface area contributed by atoms with Crippen LogP contribution in [0.1, 0.15) is 29.6 Å². The Morgan fingerprint density at radius 2 is 2.29 bits per heavy atom. The van der Waals surface area contributed by atoms with Crippen molar-refractivity contribution in [3.8, 4) is 0 Å². The molecule has 1 aromatic carbocycles. The standard InChI is InChI=1S/C13H14ClNO2/c14-11-5-1-3-9(7-11)12(16)6-2-4-10-8-15-13(10)17/h1,3,5,7,10H,2,4,6,8H2,(H,15,17). The van der Waals surface area contributed by atoms with Gasteiger partial charge in [-0.15, -0.1) is 0 Å². The molecule has 1 saturated heterocycles. The van der Waals surface area contributed by atoms with Crippen molar-refractivity contribution in [3.05, 3.63) is 34.9 Å². The fraction of sp³-hybridized carbons (Fsp3) is 0.385. The number of amides is 1. The molecule has 4 heteroatoms. The number of hydrogen-bond donors (Lipinski definition) is 1. The summed E-state index contributed by atoms with van der Waals surface area (Å²) in [6, 6.07) is 6.97. The molecule has 3 nitrogen and oxygen atoms in total. The highest BCUT2D eigenvalue weighted by Crippen LogP contribution is 2.17. The lowest BCUT2D eigenvalue weighted by Gasteiger charge is -2.25. The molecule has 2 rings (SSSR count). The number of ketones is 1. The molecule has 1 aliphatic rings. The lowest BCUT2D eigenvalue weighted by Crippen LogP contribution is -2.48. The van der Waals surface area contributed by atoms with Crippen molar-refractivity contribution >= 4 is 23.3 Å². The lowest BCUT2D eigenvalue weighted by atomic mass is 9.94. The Bertz CT molecular complexity index is 445. The summed E-state index contributed by atoms with van der Waals surface area (Å²) in [6.07, 6.45) is 2.02. The number of hydrogen-bond acceptors (Lipinski definition) is 2. The van der Waals surface area contributed by atoms with Gasteiger partial charge >= 0.3 is 0 Å². The number of nitrogens with one attached hydrogen (secondary N) is 1. The van der Waals surface area contributed by atoms with Gasteiger partial charge in [-0.1, -0.05) is 23.7 Å². The summed E-state index contributed by atoms with van der Waals surface area (Å²) in [5.41, 5.74) is 0.649. The van der Waals surface area contributed by atoms with Crippen LogP contribution in [0.25, 0.3) is 0 Å². The average Bonchev–Trinajstić information content (AvgIpc) is 2.32. The molecule has 0 bridgehead atoms. The van der Waals surface area contributed by atoms with Gasteiger partial charge in [0.2, 0.25) is 5.91 Å². The summed E-state index contributed by atoms with van der Waals surface area (Å²) in [4.78, 5) is 22.8. The molecule has 1 fully saturated rings. The molecule has 1 amide bonds. The van der Waals surface area contributed by atoms with Crippen molar-refractivity contribution in [3.63, 3.8) is 0 Å². The maximum absolute atomic E-state index is 11.8. The summed E-state index contributed by atoms with van der Waals surface area (Å²) in [5.74, 6) is 0.314. The highest BCUT2D eigenvalue weighted by atomic mass is 35.5. The second kappa shape index (κ2) is 5.32. The zero-order valence-corrected chi connectivity index (χ0v) is 10.2. The van der Waals surface area contributed by atoms with Crippen LogP contribution in [0.2, 0.25) is 5.02 Å². The van der Waals surface area contributed by atoms with Gasteiger partial charge in [-0.2, -0.15) is 0 Å². The molecule has 17 heavy (non-hydrogen) atoms. The molecular weight excluding hydrogens is 238 g/mol. The van der Waals surface area contributed by atoms with Crippen LogP contribution in [0.3, 0.4) is 0 Å². The number of Topliss-reactive ketones (excluding diaryl/α,β-unsaturated/α-hetero) is 1. The smallest absolute Gasteiger partial charge is 0.224 e. The molecular formula is C13H14ClNO2. The third kappa shape index (κ3) is 3.07. The van der Waals surface area contributed by atoms with Crippen LogP contribution in [0.15, 0.2) is 24.3 Å². The van der Waals surface area contributed by atoms with Gasteiger partial charge in [0.25, 0.3) is 0 Å². The minimum atomic E-state index is 0.0900. The number of β-lactam (4-membered cyclic amide) rings is 1. The second-order valence-corrected chi connectivity index (χ2v) is 4.70. The molecule has 0 aliphatic carbocycles. The molecule has 0 saturated carbocycles. The highest BCUT2D eigenvalue weighted by Gasteiger charge is 2.26. The van der Waals surface area contributed by atoms with Gasteiger partial charge in [0.1, 0.15) is 0 Å². The van der Waals surface area contributed by atoms with Gasteiger partial charge in [-0.05, 0) is 25.0 Å². The van der Waals surface area contributed by atoms with Crippen molar-refractivity contribution in [2.24, 2.45) is 5.92 Å². The second-order valence-electron chi connectivity index (χ2n) is 4.27. The van der Waals surface area contributed by atoms with Gasteiger partial charge in [-0.25, -0.2) is 0 Å². The van der Waals surface area contributed by atoms with Crippen molar-refractivity contribution < 1.29 is 9.59 Å². The van der Waals surface area contributed by atoms with E-state index in [2.05, 4.69) is 5.32 Å². The molecule has 1 aliphatic heterocycles. The van der Waals surface area contributed by atoms with Crippen LogP contribution in [0.4, 0.5) is 0 Å². The summed E-state index contributed by atoms with van der Waals surface area (Å²) in [6.45, 7) is 0.754. The number of benzene rings is 1. The van der Waals surface area contributed by atoms with Crippen molar-refractivity contribution in [1.82, 2.24) is 5.32 Å². The topological polar surface area (TPSA) is 46.2 Å². The van der Waals surface area contributed by atoms with Gasteiger partial charge < -0.3 is 5.32 Å². The largest absolute Gasteiger partial charge is 0.355 e. The van der Waals surface area contributed by atoms with E-state index in [1.807, 2.05) is 0 Å². The first kappa shape index (κ1) is 12.1. The average molecular weight is 252 g/mol. The Morgan fingerprint density at radius 3 is 2.88 bits per heavy atom. The Hall–Kier alpha value is -1.35. The molecule has 90 valence electrons. The van der Waals surface area contributed by atoms with Crippen LogP contribution < -0.4 is 5.32 Å². The number of halogens is 1. The molecule has 1 aromatic rings. The van der Waals surface area contributed by atoms with E-state index < -0.39 is 0 Å². The van der Waals surface area contributed by atoms with E-state index in [9.17, 15) is 9.59 Å². The van der Waals surface area contributed by atoms with Crippen molar-refractivity contribution in [2.45, 2.75) is 19.3 Å². The molecule has 1 unspecified atom stereocenters. The Labute approximate surface area is 105 Å². The minimum Gasteiger partial charge on any atom is -0.355 e. The quantitative estimate of drug-likeness (QED) is 0.645. The van der Waals surface area contributed by atoms with E-state index in [4.69, 9.17) is 11.6 Å². The SMILES string of the molecule is O=C(CCCC1CNC1=O)c1cccc(Cl)c1. The van der Waals surface area contributed by atoms with E-state index in [0.29, 0.717) is 17.0 Å². The first-order chi connectivity index (χ1) is 8.16. The minimum absolute atomic E-state index is 0.0900. The van der Waals surface area contributed by atoms with Crippen LogP contribution in [0, 0.1) is 5.92 Å². The zero-order valence-electron chi connectivity index (χ0n) is 9.41. The fourth-order valence-electron chi connectivity index (χ4n) is 1.88. The fourth-order valence-corrected chi connectivity index (χ4v) is 2.07. The lowest BCUT2D eigenvalue weighted by molar-refractivity contribution is -0.131. The van der Waals surface area contributed by atoms with Crippen molar-refractivity contribution in [2.75, 3.05) is 6.54 Å². The predicted molar refractivity (Wildman–Crippen MR) is 66.1 cm³/mol. The van der Waals surface area contributed by atoms with E-state index in [1.165, 1.54) is 0 Å². The van der Waals surface area contributed by atoms with E-state index in [0.717, 1.165) is 19.4 Å². The van der Waals surface area contributed by atoms with Gasteiger partial charge in [0, 0.05) is 23.6 Å². The summed E-state index contributed by atoms with van der Waals surface area (Å²) in [7, 11) is 0. The third-order valence-electron chi connectivity index (χ3n) is 3.00. The maximum atomic E-state index is 11.8. The third-order valence-corrected chi connectivity index (χ3v) is 3.23. The molecule has 0 spiro atoms. The first-order valence-corrected chi connectivity index (χ1v) is 6.11. The van der Waals surface area contributed by atoms with E-state index >= 15 is 0 Å². The number of carbonyl (C=O) groups is 2. The summed E-state index contributed by atoms with van der Waals surface area (Å²) < 4.78 is 0. The molecule has 1 N–H and O–H groups in total. The number of rotatable bonds is 5. The molecule has 1 atom stereocenters. The van der Waals surface area contributed by atoms with Crippen LogP contribution in [0.5, 0.6) is 0 Å². The zero-order chi connectivity index (χ0) is 12.3. The molecule has 0 radical (unpaired) electrons. The van der Waals surface area contributed by atoms with E-state index in [1.54, 1.807) is 24.3 Å². The summed E-state index contributed by atoms with van der Waals surface area (Å²) >= 11 is 5.82. The van der Waals surface area contributed by atoms with E-state index in [-0.39, 0.29) is 17.6 Å². The van der Waals surface area contributed by atoms with Crippen LogP contribution >= 0.6 is 11.6 Å². The highest BCUT2D eigenvalue weighted by molar-refractivity contribution is 6.31. The summed E-state index contributed by atoms with van der Waals surface area (Å²) in [5, 5.41) is 3.27. The number of carbonyl (C=O) groups excluding carboxylic acids is 2. The normalized spacial score (nSPS) is 18.4. The molecule has 1 heterocycles. The van der Waals surface area contributed by atoms with Crippen molar-refractivity contribution in [1.29, 1.82) is 0 Å². The Morgan fingerprint density at radius 1 is 1.47 bits per heavy atom. The van der Waals surface area contributed by atoms with Gasteiger partial charge in [0.15, 0.2) is 5.78 Å². The van der Waals surface area contributed by atoms with Crippen LogP contribution in [-0.4, -0.2) is 18.2 Å².